The van der Waals surface area contributed by atoms with E-state index in [-0.39, 0.29) is 11.9 Å². The monoisotopic (exact) mass is 369 g/mol. The fourth-order valence-electron chi connectivity index (χ4n) is 2.73. The maximum Gasteiger partial charge on any atom is 0.321 e. The van der Waals surface area contributed by atoms with Crippen LogP contribution in [0.25, 0.3) is 6.08 Å². The van der Waals surface area contributed by atoms with Gasteiger partial charge in [-0.2, -0.15) is 0 Å². The lowest BCUT2D eigenvalue weighted by atomic mass is 10.2. The molecule has 3 rings (SSSR count). The van der Waals surface area contributed by atoms with E-state index in [0.29, 0.717) is 16.4 Å². The largest absolute Gasteiger partial charge is 0.325 e. The lowest BCUT2D eigenvalue weighted by Crippen LogP contribution is -2.32. The Morgan fingerprint density at radius 3 is 2.31 bits per heavy atom. The van der Waals surface area contributed by atoms with Crippen molar-refractivity contribution in [3.8, 4) is 0 Å². The van der Waals surface area contributed by atoms with Crippen molar-refractivity contribution in [3.63, 3.8) is 0 Å². The lowest BCUT2D eigenvalue weighted by Gasteiger charge is -2.16. The number of amides is 3. The molecular formula is C20H20ClN3O2. The van der Waals surface area contributed by atoms with E-state index in [9.17, 15) is 9.59 Å². The van der Waals surface area contributed by atoms with Crippen LogP contribution >= 0.6 is 11.6 Å². The molecule has 26 heavy (non-hydrogen) atoms. The maximum atomic E-state index is 12.1. The molecule has 3 amide bonds. The fourth-order valence-corrected chi connectivity index (χ4v) is 2.85. The summed E-state index contributed by atoms with van der Waals surface area (Å²) in [4.78, 5) is 26.0. The molecule has 2 aromatic carbocycles. The average molecular weight is 370 g/mol. The molecule has 2 aromatic rings. The second-order valence-electron chi connectivity index (χ2n) is 6.08. The van der Waals surface area contributed by atoms with Crippen LogP contribution in [-0.4, -0.2) is 29.9 Å². The van der Waals surface area contributed by atoms with Crippen LogP contribution in [0.3, 0.4) is 0 Å². The molecule has 5 nitrogen and oxygen atoms in total. The van der Waals surface area contributed by atoms with Gasteiger partial charge in [0, 0.05) is 35.6 Å². The SMILES string of the molecule is O=C(/C=C/c1ccc(Cl)cc1)Nc1cccc(NC(=O)N2CCCC2)c1. The van der Waals surface area contributed by atoms with Gasteiger partial charge in [0.15, 0.2) is 0 Å². The van der Waals surface area contributed by atoms with Crippen LogP contribution in [0.2, 0.25) is 5.02 Å². The molecule has 0 atom stereocenters. The van der Waals surface area contributed by atoms with Crippen molar-refractivity contribution in [1.29, 1.82) is 0 Å². The van der Waals surface area contributed by atoms with Crippen molar-refractivity contribution in [1.82, 2.24) is 4.90 Å². The third kappa shape index (κ3) is 5.10. The summed E-state index contributed by atoms with van der Waals surface area (Å²) in [6, 6.07) is 14.2. The number of benzene rings is 2. The number of likely N-dealkylation sites (tertiary alicyclic amines) is 1. The Hall–Kier alpha value is -2.79. The molecule has 6 heteroatoms. The van der Waals surface area contributed by atoms with Crippen LogP contribution in [-0.2, 0) is 4.79 Å². The van der Waals surface area contributed by atoms with E-state index in [0.717, 1.165) is 31.5 Å². The zero-order chi connectivity index (χ0) is 18.4. The summed E-state index contributed by atoms with van der Waals surface area (Å²) >= 11 is 5.84. The Morgan fingerprint density at radius 2 is 1.62 bits per heavy atom. The summed E-state index contributed by atoms with van der Waals surface area (Å²) in [6.07, 6.45) is 5.26. The minimum absolute atomic E-state index is 0.103. The molecule has 0 saturated carbocycles. The molecule has 0 bridgehead atoms. The lowest BCUT2D eigenvalue weighted by molar-refractivity contribution is -0.111. The third-order valence-corrected chi connectivity index (χ3v) is 4.32. The summed E-state index contributed by atoms with van der Waals surface area (Å²) in [7, 11) is 0. The number of carbonyl (C=O) groups excluding carboxylic acids is 2. The fraction of sp³-hybridized carbons (Fsp3) is 0.200. The first-order valence-corrected chi connectivity index (χ1v) is 8.88. The van der Waals surface area contributed by atoms with Crippen molar-refractivity contribution in [3.05, 3.63) is 65.2 Å². The summed E-state index contributed by atoms with van der Waals surface area (Å²) in [5.41, 5.74) is 2.16. The van der Waals surface area contributed by atoms with E-state index >= 15 is 0 Å². The standard InChI is InChI=1S/C20H20ClN3O2/c21-16-9-6-15(7-10-16)8-11-19(25)22-17-4-3-5-18(14-17)23-20(26)24-12-1-2-13-24/h3-11,14H,1-2,12-13H2,(H,22,25)(H,23,26)/b11-8+. The van der Waals surface area contributed by atoms with Crippen LogP contribution in [0.15, 0.2) is 54.6 Å². The van der Waals surface area contributed by atoms with Crippen molar-refractivity contribution in [2.75, 3.05) is 23.7 Å². The molecule has 0 aliphatic carbocycles. The third-order valence-electron chi connectivity index (χ3n) is 4.07. The summed E-state index contributed by atoms with van der Waals surface area (Å²) < 4.78 is 0. The Balaban J connectivity index is 1.58. The van der Waals surface area contributed by atoms with E-state index in [1.54, 1.807) is 47.4 Å². The molecule has 0 spiro atoms. The van der Waals surface area contributed by atoms with Crippen molar-refractivity contribution in [2.24, 2.45) is 0 Å². The molecule has 0 unspecified atom stereocenters. The molecular weight excluding hydrogens is 350 g/mol. The van der Waals surface area contributed by atoms with Gasteiger partial charge < -0.3 is 15.5 Å². The van der Waals surface area contributed by atoms with Crippen molar-refractivity contribution >= 4 is 41.0 Å². The number of hydrogen-bond acceptors (Lipinski definition) is 2. The highest BCUT2D eigenvalue weighted by atomic mass is 35.5. The van der Waals surface area contributed by atoms with Crippen molar-refractivity contribution in [2.45, 2.75) is 12.8 Å². The van der Waals surface area contributed by atoms with Gasteiger partial charge in [-0.1, -0.05) is 29.8 Å². The van der Waals surface area contributed by atoms with Crippen LogP contribution < -0.4 is 10.6 Å². The zero-order valence-corrected chi connectivity index (χ0v) is 15.0. The second kappa shape index (κ2) is 8.54. The zero-order valence-electron chi connectivity index (χ0n) is 14.2. The van der Waals surface area contributed by atoms with Crippen LogP contribution in [0, 0.1) is 0 Å². The Bertz CT molecular complexity index is 812. The maximum absolute atomic E-state index is 12.1. The molecule has 2 N–H and O–H groups in total. The van der Waals surface area contributed by atoms with E-state index in [2.05, 4.69) is 10.6 Å². The number of nitrogens with one attached hydrogen (secondary N) is 2. The van der Waals surface area contributed by atoms with E-state index in [1.807, 2.05) is 12.1 Å². The summed E-state index contributed by atoms with van der Waals surface area (Å²) in [5, 5.41) is 6.31. The Morgan fingerprint density at radius 1 is 0.962 bits per heavy atom. The van der Waals surface area contributed by atoms with Crippen molar-refractivity contribution < 1.29 is 9.59 Å². The van der Waals surface area contributed by atoms with Gasteiger partial charge >= 0.3 is 6.03 Å². The predicted molar refractivity (Wildman–Crippen MR) is 105 cm³/mol. The number of hydrogen-bond donors (Lipinski definition) is 2. The topological polar surface area (TPSA) is 61.4 Å². The highest BCUT2D eigenvalue weighted by molar-refractivity contribution is 6.30. The molecule has 1 saturated heterocycles. The average Bonchev–Trinajstić information content (AvgIpc) is 3.16. The van der Waals surface area contributed by atoms with Gasteiger partial charge in [-0.05, 0) is 54.8 Å². The molecule has 134 valence electrons. The van der Waals surface area contributed by atoms with Crippen LogP contribution in [0.5, 0.6) is 0 Å². The predicted octanol–water partition coefficient (Wildman–Crippen LogP) is 4.62. The highest BCUT2D eigenvalue weighted by Crippen LogP contribution is 2.17. The van der Waals surface area contributed by atoms with E-state index < -0.39 is 0 Å². The molecule has 0 radical (unpaired) electrons. The second-order valence-corrected chi connectivity index (χ2v) is 6.52. The number of carbonyl (C=O) groups is 2. The molecule has 1 aliphatic heterocycles. The molecule has 0 aromatic heterocycles. The molecule has 1 fully saturated rings. The minimum atomic E-state index is -0.247. The number of halogens is 1. The van der Waals surface area contributed by atoms with Crippen LogP contribution in [0.1, 0.15) is 18.4 Å². The van der Waals surface area contributed by atoms with Gasteiger partial charge in [-0.3, -0.25) is 4.79 Å². The van der Waals surface area contributed by atoms with Gasteiger partial charge in [0.2, 0.25) is 5.91 Å². The number of nitrogens with zero attached hydrogens (tertiary/aromatic N) is 1. The van der Waals surface area contributed by atoms with Gasteiger partial charge in [-0.15, -0.1) is 0 Å². The van der Waals surface area contributed by atoms with E-state index in [1.165, 1.54) is 6.08 Å². The number of rotatable bonds is 4. The van der Waals surface area contributed by atoms with Gasteiger partial charge in [0.25, 0.3) is 0 Å². The quantitative estimate of drug-likeness (QED) is 0.772. The number of anilines is 2. The van der Waals surface area contributed by atoms with Gasteiger partial charge in [0.1, 0.15) is 0 Å². The molecule has 1 heterocycles. The first-order chi connectivity index (χ1) is 12.6. The molecule has 1 aliphatic rings. The normalized spacial score (nSPS) is 13.8. The number of urea groups is 1. The van der Waals surface area contributed by atoms with Crippen LogP contribution in [0.4, 0.5) is 16.2 Å². The first kappa shape index (κ1) is 18.0. The first-order valence-electron chi connectivity index (χ1n) is 8.51. The Kier molecular flexibility index (Phi) is 5.92. The summed E-state index contributed by atoms with van der Waals surface area (Å²) in [6.45, 7) is 1.58. The minimum Gasteiger partial charge on any atom is -0.325 e. The Labute approximate surface area is 157 Å². The summed E-state index contributed by atoms with van der Waals surface area (Å²) in [5.74, 6) is -0.247. The smallest absolute Gasteiger partial charge is 0.321 e. The highest BCUT2D eigenvalue weighted by Gasteiger charge is 2.17. The van der Waals surface area contributed by atoms with Gasteiger partial charge in [0.05, 0.1) is 0 Å². The van der Waals surface area contributed by atoms with Gasteiger partial charge in [-0.25, -0.2) is 4.79 Å². The van der Waals surface area contributed by atoms with E-state index in [4.69, 9.17) is 11.6 Å².